The maximum Gasteiger partial charge on any atom is 0.201 e. The van der Waals surface area contributed by atoms with Crippen molar-refractivity contribution in [2.24, 2.45) is 5.10 Å². The fraction of sp³-hybridized carbons (Fsp3) is 0. The lowest BCUT2D eigenvalue weighted by Crippen LogP contribution is -2.08. The van der Waals surface area contributed by atoms with E-state index in [9.17, 15) is 4.79 Å². The van der Waals surface area contributed by atoms with Gasteiger partial charge in [-0.15, -0.1) is 0 Å². The third-order valence-corrected chi connectivity index (χ3v) is 3.46. The Morgan fingerprint density at radius 2 is 1.91 bits per heavy atom. The summed E-state index contributed by atoms with van der Waals surface area (Å²) in [6.07, 6.45) is 4.53. The molecule has 0 aliphatic rings. The van der Waals surface area contributed by atoms with Gasteiger partial charge in [-0.2, -0.15) is 5.10 Å². The van der Waals surface area contributed by atoms with Gasteiger partial charge >= 0.3 is 0 Å². The first-order valence-corrected chi connectivity index (χ1v) is 6.80. The Morgan fingerprint density at radius 1 is 1.09 bits per heavy atom. The Balaban J connectivity index is 1.80. The summed E-state index contributed by atoms with van der Waals surface area (Å²) >= 11 is 0. The van der Waals surface area contributed by atoms with Crippen molar-refractivity contribution in [3.05, 3.63) is 76.9 Å². The minimum Gasteiger partial charge on any atom is -0.463 e. The highest BCUT2D eigenvalue weighted by Crippen LogP contribution is 2.12. The predicted octanol–water partition coefficient (Wildman–Crippen LogP) is 3.02. The van der Waals surface area contributed by atoms with Gasteiger partial charge in [0.1, 0.15) is 18.2 Å². The second-order valence-electron chi connectivity index (χ2n) is 4.84. The number of fused-ring (bicyclic) bond motifs is 2. The van der Waals surface area contributed by atoms with Gasteiger partial charge in [0.25, 0.3) is 0 Å². The third kappa shape index (κ3) is 2.00. The van der Waals surface area contributed by atoms with Crippen molar-refractivity contribution in [1.82, 2.24) is 9.66 Å². The molecule has 0 aliphatic heterocycles. The fourth-order valence-corrected chi connectivity index (χ4v) is 2.34. The van der Waals surface area contributed by atoms with Gasteiger partial charge in [0.05, 0.1) is 28.2 Å². The van der Waals surface area contributed by atoms with Gasteiger partial charge in [0.15, 0.2) is 0 Å². The summed E-state index contributed by atoms with van der Waals surface area (Å²) in [4.78, 5) is 16.6. The minimum absolute atomic E-state index is 0.102. The van der Waals surface area contributed by atoms with Crippen molar-refractivity contribution in [1.29, 1.82) is 0 Å². The molecule has 4 rings (SSSR count). The molecule has 0 radical (unpaired) electrons. The quantitative estimate of drug-likeness (QED) is 0.533. The van der Waals surface area contributed by atoms with E-state index in [2.05, 4.69) is 10.1 Å². The number of benzene rings is 2. The highest BCUT2D eigenvalue weighted by molar-refractivity contribution is 5.86. The number of nitrogens with zero attached hydrogens (tertiary/aromatic N) is 3. The first-order valence-electron chi connectivity index (χ1n) is 6.80. The molecule has 0 atom stereocenters. The van der Waals surface area contributed by atoms with Gasteiger partial charge in [-0.25, -0.2) is 9.66 Å². The largest absolute Gasteiger partial charge is 0.463 e. The molecule has 0 saturated carbocycles. The molecule has 0 amide bonds. The summed E-state index contributed by atoms with van der Waals surface area (Å²) in [6, 6.07) is 14.8. The molecule has 0 saturated heterocycles. The van der Waals surface area contributed by atoms with Crippen LogP contribution in [0, 0.1) is 0 Å². The average molecular weight is 289 g/mol. The SMILES string of the molecule is O=c1c(C=Nn2cnc3ccccc32)coc2ccccc12. The topological polar surface area (TPSA) is 60.4 Å². The zero-order valence-electron chi connectivity index (χ0n) is 11.5. The molecule has 0 N–H and O–H groups in total. The van der Waals surface area contributed by atoms with Crippen LogP contribution in [0.15, 0.2) is 75.4 Å². The molecule has 0 bridgehead atoms. The fourth-order valence-electron chi connectivity index (χ4n) is 2.34. The van der Waals surface area contributed by atoms with Crippen LogP contribution in [0.5, 0.6) is 0 Å². The summed E-state index contributed by atoms with van der Waals surface area (Å²) in [7, 11) is 0. The van der Waals surface area contributed by atoms with Crippen LogP contribution < -0.4 is 5.43 Å². The first-order chi connectivity index (χ1) is 10.8. The van der Waals surface area contributed by atoms with Crippen LogP contribution in [-0.4, -0.2) is 15.9 Å². The normalized spacial score (nSPS) is 11.6. The van der Waals surface area contributed by atoms with Crippen LogP contribution in [0.1, 0.15) is 5.56 Å². The van der Waals surface area contributed by atoms with E-state index in [1.807, 2.05) is 36.4 Å². The van der Waals surface area contributed by atoms with E-state index in [0.717, 1.165) is 11.0 Å². The van der Waals surface area contributed by atoms with Crippen molar-refractivity contribution in [3.63, 3.8) is 0 Å². The van der Waals surface area contributed by atoms with Gasteiger partial charge in [0, 0.05) is 0 Å². The second kappa shape index (κ2) is 4.96. The van der Waals surface area contributed by atoms with E-state index < -0.39 is 0 Å². The Hall–Kier alpha value is -3.21. The molecule has 0 fully saturated rings. The lowest BCUT2D eigenvalue weighted by molar-refractivity contribution is 0.601. The van der Waals surface area contributed by atoms with Gasteiger partial charge in [-0.1, -0.05) is 24.3 Å². The minimum atomic E-state index is -0.102. The molecule has 22 heavy (non-hydrogen) atoms. The molecule has 5 heteroatoms. The van der Waals surface area contributed by atoms with Crippen LogP contribution in [0.25, 0.3) is 22.0 Å². The van der Waals surface area contributed by atoms with E-state index in [1.54, 1.807) is 23.1 Å². The van der Waals surface area contributed by atoms with Crippen molar-refractivity contribution in [3.8, 4) is 0 Å². The standard InChI is InChI=1S/C17H11N3O2/c21-17-12(10-22-16-8-4-1-5-13(16)17)9-19-20-11-18-14-6-2-3-7-15(14)20/h1-11H. The highest BCUT2D eigenvalue weighted by Gasteiger charge is 2.05. The Labute approximate surface area is 125 Å². The van der Waals surface area contributed by atoms with Crippen molar-refractivity contribution < 1.29 is 4.42 Å². The van der Waals surface area contributed by atoms with Gasteiger partial charge in [-0.05, 0) is 24.3 Å². The lowest BCUT2D eigenvalue weighted by Gasteiger charge is -1.98. The number of rotatable bonds is 2. The van der Waals surface area contributed by atoms with E-state index in [4.69, 9.17) is 4.42 Å². The van der Waals surface area contributed by atoms with Crippen LogP contribution in [0.3, 0.4) is 0 Å². The molecule has 0 unspecified atom stereocenters. The second-order valence-corrected chi connectivity index (χ2v) is 4.84. The van der Waals surface area contributed by atoms with E-state index in [1.165, 1.54) is 12.5 Å². The summed E-state index contributed by atoms with van der Waals surface area (Å²) in [6.45, 7) is 0. The molecule has 4 aromatic rings. The average Bonchev–Trinajstić information content (AvgIpc) is 2.98. The molecule has 2 heterocycles. The first kappa shape index (κ1) is 12.5. The Bertz CT molecular complexity index is 1060. The van der Waals surface area contributed by atoms with Crippen molar-refractivity contribution in [2.45, 2.75) is 0 Å². The van der Waals surface area contributed by atoms with Crippen LogP contribution in [0.4, 0.5) is 0 Å². The maximum atomic E-state index is 12.4. The molecule has 0 spiro atoms. The molecular weight excluding hydrogens is 278 g/mol. The maximum absolute atomic E-state index is 12.4. The summed E-state index contributed by atoms with van der Waals surface area (Å²) in [5, 5.41) is 4.84. The smallest absolute Gasteiger partial charge is 0.201 e. The Morgan fingerprint density at radius 3 is 2.86 bits per heavy atom. The number of para-hydroxylation sites is 3. The van der Waals surface area contributed by atoms with E-state index in [0.29, 0.717) is 16.5 Å². The molecule has 2 aromatic heterocycles. The molecule has 5 nitrogen and oxygen atoms in total. The van der Waals surface area contributed by atoms with E-state index in [-0.39, 0.29) is 5.43 Å². The number of hydrogen-bond donors (Lipinski definition) is 0. The number of hydrogen-bond acceptors (Lipinski definition) is 4. The van der Waals surface area contributed by atoms with Gasteiger partial charge in [0.2, 0.25) is 5.43 Å². The molecule has 106 valence electrons. The highest BCUT2D eigenvalue weighted by atomic mass is 16.3. The van der Waals surface area contributed by atoms with Crippen LogP contribution in [0.2, 0.25) is 0 Å². The zero-order chi connectivity index (χ0) is 14.9. The van der Waals surface area contributed by atoms with Gasteiger partial charge in [-0.3, -0.25) is 4.79 Å². The zero-order valence-corrected chi connectivity index (χ0v) is 11.5. The monoisotopic (exact) mass is 289 g/mol. The van der Waals surface area contributed by atoms with Crippen LogP contribution >= 0.6 is 0 Å². The number of aromatic nitrogens is 2. The molecule has 0 aliphatic carbocycles. The summed E-state index contributed by atoms with van der Waals surface area (Å²) < 4.78 is 7.09. The molecule has 2 aromatic carbocycles. The van der Waals surface area contributed by atoms with Crippen molar-refractivity contribution in [2.75, 3.05) is 0 Å². The van der Waals surface area contributed by atoms with Crippen LogP contribution in [-0.2, 0) is 0 Å². The lowest BCUT2D eigenvalue weighted by atomic mass is 10.2. The van der Waals surface area contributed by atoms with Gasteiger partial charge < -0.3 is 4.42 Å². The molecular formula is C17H11N3O2. The Kier molecular flexibility index (Phi) is 2.83. The summed E-state index contributed by atoms with van der Waals surface area (Å²) in [5.74, 6) is 0. The third-order valence-electron chi connectivity index (χ3n) is 3.46. The number of imidazole rings is 1. The predicted molar refractivity (Wildman–Crippen MR) is 85.2 cm³/mol. The summed E-state index contributed by atoms with van der Waals surface area (Å²) in [5.41, 5.74) is 2.60. The van der Waals surface area contributed by atoms with Crippen molar-refractivity contribution >= 4 is 28.2 Å². The van der Waals surface area contributed by atoms with E-state index >= 15 is 0 Å².